The van der Waals surface area contributed by atoms with Crippen LogP contribution >= 0.6 is 11.6 Å². The molecule has 0 saturated carbocycles. The molecule has 138 valence electrons. The average Bonchev–Trinajstić information content (AvgIpc) is 2.68. The van der Waals surface area contributed by atoms with Crippen molar-refractivity contribution in [3.05, 3.63) is 40.5 Å². The van der Waals surface area contributed by atoms with Gasteiger partial charge in [0.05, 0.1) is 12.2 Å². The van der Waals surface area contributed by atoms with E-state index in [9.17, 15) is 9.59 Å². The van der Waals surface area contributed by atoms with Gasteiger partial charge in [0.25, 0.3) is 0 Å². The smallest absolute Gasteiger partial charge is 0.182 e. The molecular formula is C21H25ClN2O2. The van der Waals surface area contributed by atoms with Crippen molar-refractivity contribution >= 4 is 29.2 Å². The fraction of sp³-hybridized carbons (Fsp3) is 0.524. The summed E-state index contributed by atoms with van der Waals surface area (Å²) in [6.45, 7) is 5.08. The summed E-state index contributed by atoms with van der Waals surface area (Å²) in [5.41, 5.74) is 1.78. The maximum atomic E-state index is 12.1. The van der Waals surface area contributed by atoms with Crippen molar-refractivity contribution in [2.75, 3.05) is 32.7 Å². The van der Waals surface area contributed by atoms with Gasteiger partial charge in [-0.2, -0.15) is 0 Å². The van der Waals surface area contributed by atoms with Crippen LogP contribution in [0.2, 0.25) is 5.02 Å². The zero-order valence-electron chi connectivity index (χ0n) is 15.0. The normalized spacial score (nSPS) is 29.1. The molecule has 26 heavy (non-hydrogen) atoms. The van der Waals surface area contributed by atoms with E-state index in [0.717, 1.165) is 69.7 Å². The van der Waals surface area contributed by atoms with E-state index in [1.165, 1.54) is 0 Å². The van der Waals surface area contributed by atoms with Crippen LogP contribution in [0, 0.1) is 11.8 Å². The standard InChI is InChI=1S/C14H14ClNO.C7H11NO/c15-12-4-2-1-3-11(12)9-13-14(17)10-5-7-16(13)8-6-10;9-7-5-8-3-1-6(7)2-4-8/h1-4,9-10H,5-8H2;6H,1-5H2. The summed E-state index contributed by atoms with van der Waals surface area (Å²) in [6, 6.07) is 7.65. The Hall–Kier alpha value is -1.65. The second-order valence-corrected chi connectivity index (χ2v) is 8.10. The van der Waals surface area contributed by atoms with Gasteiger partial charge in [0.15, 0.2) is 5.78 Å². The highest BCUT2D eigenvalue weighted by Crippen LogP contribution is 2.33. The number of ketones is 2. The van der Waals surface area contributed by atoms with E-state index in [0.29, 0.717) is 22.5 Å². The van der Waals surface area contributed by atoms with Gasteiger partial charge in [0, 0.05) is 29.9 Å². The van der Waals surface area contributed by atoms with Gasteiger partial charge in [-0.15, -0.1) is 0 Å². The quantitative estimate of drug-likeness (QED) is 0.709. The number of allylic oxidation sites excluding steroid dienone is 1. The van der Waals surface area contributed by atoms with Gasteiger partial charge in [0.2, 0.25) is 0 Å². The van der Waals surface area contributed by atoms with E-state index in [2.05, 4.69) is 9.80 Å². The third-order valence-electron chi connectivity index (χ3n) is 6.08. The summed E-state index contributed by atoms with van der Waals surface area (Å²) in [5, 5.41) is 0.704. The maximum absolute atomic E-state index is 12.1. The monoisotopic (exact) mass is 372 g/mol. The Morgan fingerprint density at radius 1 is 0.923 bits per heavy atom. The Kier molecular flexibility index (Phi) is 5.14. The SMILES string of the molecule is O=C1C(=Cc2ccccc2Cl)N2CCC1CC2.O=C1CN2CCC1CC2. The lowest BCUT2D eigenvalue weighted by atomic mass is 9.84. The molecule has 4 nitrogen and oxygen atoms in total. The molecule has 0 unspecified atom stereocenters. The van der Waals surface area contributed by atoms with Crippen molar-refractivity contribution in [3.8, 4) is 0 Å². The number of benzene rings is 1. The summed E-state index contributed by atoms with van der Waals surface area (Å²) in [4.78, 5) is 27.6. The second-order valence-electron chi connectivity index (χ2n) is 7.69. The Bertz CT molecular complexity index is 729. The fourth-order valence-corrected chi connectivity index (χ4v) is 4.60. The predicted molar refractivity (Wildman–Crippen MR) is 103 cm³/mol. The van der Waals surface area contributed by atoms with E-state index >= 15 is 0 Å². The van der Waals surface area contributed by atoms with Gasteiger partial charge in [-0.1, -0.05) is 29.8 Å². The number of hydrogen-bond donors (Lipinski definition) is 0. The molecule has 0 aromatic heterocycles. The van der Waals surface area contributed by atoms with Crippen LogP contribution in [0.15, 0.2) is 30.0 Å². The lowest BCUT2D eigenvalue weighted by Crippen LogP contribution is -2.47. The largest absolute Gasteiger partial charge is 0.369 e. The molecule has 6 saturated heterocycles. The molecule has 1 aromatic carbocycles. The number of fused-ring (bicyclic) bond motifs is 6. The second kappa shape index (κ2) is 7.53. The zero-order valence-corrected chi connectivity index (χ0v) is 15.8. The van der Waals surface area contributed by atoms with E-state index in [1.54, 1.807) is 0 Å². The third-order valence-corrected chi connectivity index (χ3v) is 6.42. The van der Waals surface area contributed by atoms with E-state index in [1.807, 2.05) is 30.3 Å². The van der Waals surface area contributed by atoms with E-state index in [-0.39, 0.29) is 5.92 Å². The molecule has 1 aromatic rings. The van der Waals surface area contributed by atoms with Gasteiger partial charge < -0.3 is 4.90 Å². The summed E-state index contributed by atoms with van der Waals surface area (Å²) in [5.74, 6) is 1.46. The number of rotatable bonds is 1. The van der Waals surface area contributed by atoms with Crippen LogP contribution in [0.1, 0.15) is 31.2 Å². The molecule has 6 aliphatic heterocycles. The van der Waals surface area contributed by atoms with Gasteiger partial charge in [-0.25, -0.2) is 0 Å². The van der Waals surface area contributed by atoms with Crippen molar-refractivity contribution < 1.29 is 9.59 Å². The Balaban J connectivity index is 0.000000157. The van der Waals surface area contributed by atoms with Crippen LogP contribution in [-0.4, -0.2) is 54.1 Å². The molecule has 0 aliphatic carbocycles. The third kappa shape index (κ3) is 3.58. The number of hydrogen-bond acceptors (Lipinski definition) is 4. The summed E-state index contributed by atoms with van der Waals surface area (Å²) >= 11 is 6.12. The van der Waals surface area contributed by atoms with Crippen LogP contribution in [0.5, 0.6) is 0 Å². The number of carbonyl (C=O) groups is 2. The van der Waals surface area contributed by atoms with Crippen LogP contribution in [0.4, 0.5) is 0 Å². The Morgan fingerprint density at radius 2 is 1.58 bits per heavy atom. The van der Waals surface area contributed by atoms with Crippen LogP contribution < -0.4 is 0 Å². The molecule has 0 spiro atoms. The molecule has 0 radical (unpaired) electrons. The highest BCUT2D eigenvalue weighted by atomic mass is 35.5. The molecule has 6 fully saturated rings. The first kappa shape index (κ1) is 17.7. The summed E-state index contributed by atoms with van der Waals surface area (Å²) in [6.07, 6.45) is 6.21. The van der Waals surface area contributed by atoms with Crippen molar-refractivity contribution in [3.63, 3.8) is 0 Å². The predicted octanol–water partition coefficient (Wildman–Crippen LogP) is 3.26. The molecule has 4 bridgehead atoms. The molecule has 0 N–H and O–H groups in total. The number of nitrogens with zero attached hydrogens (tertiary/aromatic N) is 2. The first-order valence-corrected chi connectivity index (χ1v) is 10.00. The van der Waals surface area contributed by atoms with Crippen LogP contribution in [0.25, 0.3) is 6.08 Å². The van der Waals surface area contributed by atoms with E-state index < -0.39 is 0 Å². The molecule has 5 heteroatoms. The Morgan fingerprint density at radius 3 is 2.08 bits per heavy atom. The van der Waals surface area contributed by atoms with Gasteiger partial charge in [-0.05, 0) is 56.5 Å². The summed E-state index contributed by atoms with van der Waals surface area (Å²) < 4.78 is 0. The highest BCUT2D eigenvalue weighted by Gasteiger charge is 2.36. The van der Waals surface area contributed by atoms with Gasteiger partial charge in [-0.3, -0.25) is 14.5 Å². The number of Topliss-reactive ketones (excluding diaryl/α,β-unsaturated/α-hetero) is 2. The molecule has 0 amide bonds. The van der Waals surface area contributed by atoms with Crippen molar-refractivity contribution in [1.82, 2.24) is 9.80 Å². The lowest BCUT2D eigenvalue weighted by molar-refractivity contribution is -0.130. The van der Waals surface area contributed by atoms with Gasteiger partial charge in [0.1, 0.15) is 5.78 Å². The fourth-order valence-electron chi connectivity index (χ4n) is 4.41. The average molecular weight is 373 g/mol. The maximum Gasteiger partial charge on any atom is 0.182 e. The molecule has 6 heterocycles. The minimum atomic E-state index is 0.244. The molecule has 0 atom stereocenters. The molecule has 7 rings (SSSR count). The van der Waals surface area contributed by atoms with Crippen LogP contribution in [-0.2, 0) is 9.59 Å². The van der Waals surface area contributed by atoms with E-state index in [4.69, 9.17) is 11.6 Å². The topological polar surface area (TPSA) is 40.6 Å². The highest BCUT2D eigenvalue weighted by molar-refractivity contribution is 6.32. The van der Waals surface area contributed by atoms with Crippen LogP contribution in [0.3, 0.4) is 0 Å². The first-order valence-electron chi connectivity index (χ1n) is 9.62. The number of carbonyl (C=O) groups excluding carboxylic acids is 2. The minimum Gasteiger partial charge on any atom is -0.369 e. The number of piperidine rings is 6. The lowest BCUT2D eigenvalue weighted by Gasteiger charge is -2.41. The first-order chi connectivity index (χ1) is 12.6. The molecule has 6 aliphatic rings. The van der Waals surface area contributed by atoms with Crippen molar-refractivity contribution in [2.45, 2.75) is 25.7 Å². The number of halogens is 1. The summed E-state index contributed by atoms with van der Waals surface area (Å²) in [7, 11) is 0. The van der Waals surface area contributed by atoms with Crippen molar-refractivity contribution in [1.29, 1.82) is 0 Å². The van der Waals surface area contributed by atoms with Crippen molar-refractivity contribution in [2.24, 2.45) is 11.8 Å². The Labute approximate surface area is 159 Å². The molecular weight excluding hydrogens is 348 g/mol. The minimum absolute atomic E-state index is 0.244. The van der Waals surface area contributed by atoms with Gasteiger partial charge >= 0.3 is 0 Å². The zero-order chi connectivity index (χ0) is 18.1.